The predicted molar refractivity (Wildman–Crippen MR) is 118 cm³/mol. The van der Waals surface area contributed by atoms with Gasteiger partial charge in [0.2, 0.25) is 5.13 Å². The number of hydrogen-bond donors (Lipinski definition) is 0. The number of carbonyl (C=O) groups excluding carboxylic acids is 1. The number of methoxy groups -OCH3 is 3. The van der Waals surface area contributed by atoms with Gasteiger partial charge < -0.3 is 14.2 Å². The number of ether oxygens (including phenoxy) is 3. The lowest BCUT2D eigenvalue weighted by Gasteiger charge is -2.23. The van der Waals surface area contributed by atoms with Gasteiger partial charge in [0.1, 0.15) is 21.7 Å². The van der Waals surface area contributed by atoms with Gasteiger partial charge in [-0.05, 0) is 30.3 Å². The van der Waals surface area contributed by atoms with Gasteiger partial charge in [0.05, 0.1) is 44.5 Å². The van der Waals surface area contributed by atoms with Crippen LogP contribution in [0.4, 0.5) is 9.52 Å². The van der Waals surface area contributed by atoms with Crippen molar-refractivity contribution in [2.24, 2.45) is 0 Å². The molecular weight excluding hydrogens is 483 g/mol. The molecule has 1 heterocycles. The van der Waals surface area contributed by atoms with Crippen molar-refractivity contribution in [3.8, 4) is 11.5 Å². The van der Waals surface area contributed by atoms with Gasteiger partial charge in [0, 0.05) is 11.6 Å². The highest BCUT2D eigenvalue weighted by Crippen LogP contribution is 2.34. The van der Waals surface area contributed by atoms with Crippen molar-refractivity contribution in [1.29, 1.82) is 0 Å². The SMILES string of the molecule is COC(=O)c1ccc(S(=O)(=O)N(Cc2ccc(OC)cc2OC)c2ncc(Cl)s2)cc1F. The summed E-state index contributed by atoms with van der Waals surface area (Å²) >= 11 is 6.92. The molecule has 0 bridgehead atoms. The van der Waals surface area contributed by atoms with Gasteiger partial charge in [0.25, 0.3) is 10.0 Å². The molecule has 8 nitrogen and oxygen atoms in total. The maximum absolute atomic E-state index is 14.5. The van der Waals surface area contributed by atoms with E-state index >= 15 is 0 Å². The summed E-state index contributed by atoms with van der Waals surface area (Å²) in [6.45, 7) is -0.181. The van der Waals surface area contributed by atoms with Crippen LogP contribution in [0.2, 0.25) is 4.34 Å². The number of rotatable bonds is 8. The molecule has 0 aliphatic heterocycles. The summed E-state index contributed by atoms with van der Waals surface area (Å²) in [6.07, 6.45) is 1.32. The molecule has 0 atom stereocenters. The summed E-state index contributed by atoms with van der Waals surface area (Å²) in [6, 6.07) is 7.85. The summed E-state index contributed by atoms with van der Waals surface area (Å²) in [5, 5.41) is 0.0744. The topological polar surface area (TPSA) is 95.0 Å². The molecule has 0 radical (unpaired) electrons. The van der Waals surface area contributed by atoms with Crippen LogP contribution < -0.4 is 13.8 Å². The highest BCUT2D eigenvalue weighted by atomic mass is 35.5. The summed E-state index contributed by atoms with van der Waals surface area (Å²) in [4.78, 5) is 15.3. The Morgan fingerprint density at radius 3 is 2.47 bits per heavy atom. The van der Waals surface area contributed by atoms with Crippen LogP contribution in [-0.2, 0) is 21.3 Å². The van der Waals surface area contributed by atoms with Crippen LogP contribution in [-0.4, -0.2) is 40.7 Å². The summed E-state index contributed by atoms with van der Waals surface area (Å²) in [7, 11) is -0.270. The Morgan fingerprint density at radius 1 is 1.16 bits per heavy atom. The molecular formula is C20H18ClFN2O6S2. The number of thiazole rings is 1. The minimum atomic E-state index is -4.31. The number of carbonyl (C=O) groups is 1. The molecule has 0 unspecified atom stereocenters. The number of nitrogens with zero attached hydrogens (tertiary/aromatic N) is 2. The number of halogens is 2. The molecule has 170 valence electrons. The van der Waals surface area contributed by atoms with Crippen molar-refractivity contribution in [3.05, 3.63) is 63.9 Å². The second kappa shape index (κ2) is 9.72. The minimum Gasteiger partial charge on any atom is -0.497 e. The Labute approximate surface area is 193 Å². The molecule has 0 saturated heterocycles. The number of esters is 1. The second-order valence-corrected chi connectivity index (χ2v) is 9.77. The number of anilines is 1. The summed E-state index contributed by atoms with van der Waals surface area (Å²) < 4.78 is 57.7. The molecule has 0 amide bonds. The maximum atomic E-state index is 14.5. The first-order valence-electron chi connectivity index (χ1n) is 8.94. The third kappa shape index (κ3) is 4.79. The van der Waals surface area contributed by atoms with Gasteiger partial charge in [0.15, 0.2) is 0 Å². The van der Waals surface area contributed by atoms with E-state index in [-0.39, 0.29) is 26.5 Å². The third-order valence-electron chi connectivity index (χ3n) is 4.42. The first-order valence-corrected chi connectivity index (χ1v) is 11.6. The minimum absolute atomic E-state index is 0.0744. The molecule has 0 saturated carbocycles. The Bertz CT molecular complexity index is 1250. The first kappa shape index (κ1) is 23.8. The van der Waals surface area contributed by atoms with Crippen LogP contribution >= 0.6 is 22.9 Å². The highest BCUT2D eigenvalue weighted by Gasteiger charge is 2.30. The predicted octanol–water partition coefficient (Wildman–Crippen LogP) is 4.13. The zero-order chi connectivity index (χ0) is 23.5. The van der Waals surface area contributed by atoms with Crippen molar-refractivity contribution >= 4 is 44.1 Å². The van der Waals surface area contributed by atoms with Crippen molar-refractivity contribution in [1.82, 2.24) is 4.98 Å². The molecule has 1 aromatic heterocycles. The largest absolute Gasteiger partial charge is 0.497 e. The summed E-state index contributed by atoms with van der Waals surface area (Å²) in [5.41, 5.74) is 0.127. The number of sulfonamides is 1. The van der Waals surface area contributed by atoms with E-state index in [0.29, 0.717) is 17.1 Å². The fourth-order valence-corrected chi connectivity index (χ4v) is 5.34. The third-order valence-corrected chi connectivity index (χ3v) is 7.41. The van der Waals surface area contributed by atoms with E-state index in [9.17, 15) is 17.6 Å². The molecule has 0 aliphatic carbocycles. The highest BCUT2D eigenvalue weighted by molar-refractivity contribution is 7.93. The Morgan fingerprint density at radius 2 is 1.91 bits per heavy atom. The smallest absolute Gasteiger partial charge is 0.340 e. The number of hydrogen-bond acceptors (Lipinski definition) is 8. The average Bonchev–Trinajstić information content (AvgIpc) is 3.22. The van der Waals surface area contributed by atoms with Gasteiger partial charge in [-0.3, -0.25) is 0 Å². The van der Waals surface area contributed by atoms with E-state index in [2.05, 4.69) is 9.72 Å². The van der Waals surface area contributed by atoms with Crippen molar-refractivity contribution in [2.75, 3.05) is 25.6 Å². The van der Waals surface area contributed by atoms with Crippen LogP contribution in [0.5, 0.6) is 11.5 Å². The fraction of sp³-hybridized carbons (Fsp3) is 0.200. The van der Waals surface area contributed by atoms with Crippen LogP contribution in [0.15, 0.2) is 47.5 Å². The van der Waals surface area contributed by atoms with E-state index < -0.39 is 21.8 Å². The van der Waals surface area contributed by atoms with Crippen LogP contribution in [0.3, 0.4) is 0 Å². The quantitative estimate of drug-likeness (QED) is 0.429. The number of aromatic nitrogens is 1. The lowest BCUT2D eigenvalue weighted by Crippen LogP contribution is -2.31. The zero-order valence-electron chi connectivity index (χ0n) is 17.2. The molecule has 0 N–H and O–H groups in total. The lowest BCUT2D eigenvalue weighted by molar-refractivity contribution is 0.0595. The molecule has 2 aromatic carbocycles. The standard InChI is InChI=1S/C20H18ClFN2O6S2/c1-28-13-5-4-12(17(8-13)29-2)11-24(20-23-10-18(21)31-20)32(26,27)14-6-7-15(16(22)9-14)19(25)30-3/h4-10H,11H2,1-3H3. The van der Waals surface area contributed by atoms with Crippen molar-refractivity contribution < 1.29 is 31.8 Å². The van der Waals surface area contributed by atoms with Crippen LogP contribution in [0, 0.1) is 5.82 Å². The fourth-order valence-electron chi connectivity index (χ4n) is 2.81. The normalized spacial score (nSPS) is 11.2. The lowest BCUT2D eigenvalue weighted by atomic mass is 10.2. The van der Waals surface area contributed by atoms with E-state index in [0.717, 1.165) is 41.0 Å². The molecule has 3 aromatic rings. The van der Waals surface area contributed by atoms with Crippen LogP contribution in [0.25, 0.3) is 0 Å². The van der Waals surface area contributed by atoms with Crippen molar-refractivity contribution in [3.63, 3.8) is 0 Å². The Balaban J connectivity index is 2.09. The van der Waals surface area contributed by atoms with Crippen LogP contribution in [0.1, 0.15) is 15.9 Å². The Hall–Kier alpha value is -2.89. The van der Waals surface area contributed by atoms with E-state index in [1.165, 1.54) is 20.4 Å². The van der Waals surface area contributed by atoms with E-state index in [1.807, 2.05) is 0 Å². The monoisotopic (exact) mass is 500 g/mol. The molecule has 12 heteroatoms. The van der Waals surface area contributed by atoms with Gasteiger partial charge in [-0.15, -0.1) is 0 Å². The van der Waals surface area contributed by atoms with Gasteiger partial charge in [-0.1, -0.05) is 22.9 Å². The Kier molecular flexibility index (Phi) is 7.22. The zero-order valence-corrected chi connectivity index (χ0v) is 19.6. The molecule has 3 rings (SSSR count). The van der Waals surface area contributed by atoms with Gasteiger partial charge >= 0.3 is 5.97 Å². The molecule has 0 spiro atoms. The second-order valence-electron chi connectivity index (χ2n) is 6.27. The summed E-state index contributed by atoms with van der Waals surface area (Å²) in [5.74, 6) is -1.03. The van der Waals surface area contributed by atoms with Crippen molar-refractivity contribution in [2.45, 2.75) is 11.4 Å². The molecule has 32 heavy (non-hydrogen) atoms. The molecule has 0 aliphatic rings. The van der Waals surface area contributed by atoms with Gasteiger partial charge in [-0.25, -0.2) is 26.9 Å². The van der Waals surface area contributed by atoms with E-state index in [4.69, 9.17) is 21.1 Å². The maximum Gasteiger partial charge on any atom is 0.340 e. The first-order chi connectivity index (χ1) is 15.2. The number of benzene rings is 2. The molecule has 0 fully saturated rings. The van der Waals surface area contributed by atoms with Gasteiger partial charge in [-0.2, -0.15) is 0 Å². The average molecular weight is 501 g/mol. The van der Waals surface area contributed by atoms with E-state index in [1.54, 1.807) is 18.2 Å².